The molecule has 0 saturated heterocycles. The summed E-state index contributed by atoms with van der Waals surface area (Å²) in [5.74, 6) is 0. The Morgan fingerprint density at radius 2 is 1.94 bits per heavy atom. The van der Waals surface area contributed by atoms with Crippen LogP contribution in [0.2, 0.25) is 0 Å². The van der Waals surface area contributed by atoms with Gasteiger partial charge in [-0.25, -0.2) is 0 Å². The van der Waals surface area contributed by atoms with E-state index in [4.69, 9.17) is 10.4 Å². The maximum absolute atomic E-state index is 12.5. The van der Waals surface area contributed by atoms with Crippen LogP contribution >= 0.6 is 0 Å². The van der Waals surface area contributed by atoms with Gasteiger partial charge >= 0.3 is 6.18 Å². The first-order chi connectivity index (χ1) is 7.45. The number of hydrogen-bond acceptors (Lipinski definition) is 2. The van der Waals surface area contributed by atoms with E-state index in [0.29, 0.717) is 0 Å². The van der Waals surface area contributed by atoms with Gasteiger partial charge in [0.2, 0.25) is 0 Å². The molecule has 86 valence electrons. The molecule has 0 bridgehead atoms. The Bertz CT molecular complexity index is 395. The lowest BCUT2D eigenvalue weighted by molar-refractivity contribution is -0.138. The van der Waals surface area contributed by atoms with Gasteiger partial charge in [0.05, 0.1) is 11.6 Å². The summed E-state index contributed by atoms with van der Waals surface area (Å²) < 4.78 is 37.6. The van der Waals surface area contributed by atoms with Gasteiger partial charge in [-0.1, -0.05) is 18.2 Å². The fourth-order valence-electron chi connectivity index (χ4n) is 1.37. The molecule has 1 atom stereocenters. The maximum atomic E-state index is 12.5. The molecule has 0 spiro atoms. The molecule has 5 heteroatoms. The second kappa shape index (κ2) is 4.99. The van der Waals surface area contributed by atoms with Gasteiger partial charge in [-0.05, 0) is 24.5 Å². The first kappa shape index (κ1) is 12.5. The number of aliphatic hydroxyl groups is 1. The molecule has 0 fully saturated rings. The molecule has 1 aromatic rings. The van der Waals surface area contributed by atoms with Crippen molar-refractivity contribution >= 4 is 0 Å². The molecule has 1 rings (SSSR count). The smallest absolute Gasteiger partial charge is 0.378 e. The molecule has 0 heterocycles. The summed E-state index contributed by atoms with van der Waals surface area (Å²) in [7, 11) is 0. The molecule has 2 nitrogen and oxygen atoms in total. The predicted octanol–water partition coefficient (Wildman–Crippen LogP) is 2.52. The Balaban J connectivity index is 2.85. The SMILES string of the molecule is N#CC(O)CCc1ccccc1C(F)(F)F. The average molecular weight is 229 g/mol. The molecule has 0 amide bonds. The molecule has 0 radical (unpaired) electrons. The van der Waals surface area contributed by atoms with Gasteiger partial charge in [0.25, 0.3) is 0 Å². The summed E-state index contributed by atoms with van der Waals surface area (Å²) in [6, 6.07) is 6.73. The third kappa shape index (κ3) is 3.24. The lowest BCUT2D eigenvalue weighted by Gasteiger charge is -2.12. The largest absolute Gasteiger partial charge is 0.416 e. The minimum absolute atomic E-state index is 0.00356. The van der Waals surface area contributed by atoms with Crippen molar-refractivity contribution in [1.82, 2.24) is 0 Å². The quantitative estimate of drug-likeness (QED) is 0.809. The van der Waals surface area contributed by atoms with Gasteiger partial charge in [-0.2, -0.15) is 18.4 Å². The first-order valence-electron chi connectivity index (χ1n) is 4.68. The molecule has 1 unspecified atom stereocenters. The standard InChI is InChI=1S/C11H10F3NO/c12-11(13,14)10-4-2-1-3-8(10)5-6-9(16)7-15/h1-4,9,16H,5-6H2. The van der Waals surface area contributed by atoms with E-state index < -0.39 is 17.8 Å². The number of aliphatic hydroxyl groups excluding tert-OH is 1. The van der Waals surface area contributed by atoms with E-state index in [1.807, 2.05) is 0 Å². The Morgan fingerprint density at radius 3 is 2.50 bits per heavy atom. The van der Waals surface area contributed by atoms with Crippen molar-refractivity contribution in [1.29, 1.82) is 5.26 Å². The van der Waals surface area contributed by atoms with Crippen LogP contribution in [0.3, 0.4) is 0 Å². The van der Waals surface area contributed by atoms with E-state index in [-0.39, 0.29) is 18.4 Å². The van der Waals surface area contributed by atoms with E-state index in [2.05, 4.69) is 0 Å². The molecule has 0 aliphatic rings. The zero-order valence-electron chi connectivity index (χ0n) is 8.33. The molecular formula is C11H10F3NO. The third-order valence-corrected chi connectivity index (χ3v) is 2.16. The first-order valence-corrected chi connectivity index (χ1v) is 4.68. The second-order valence-corrected chi connectivity index (χ2v) is 3.34. The number of alkyl halides is 3. The molecule has 0 aliphatic heterocycles. The summed E-state index contributed by atoms with van der Waals surface area (Å²) in [6.07, 6.45) is -5.58. The molecule has 0 saturated carbocycles. The number of nitrogens with zero attached hydrogens (tertiary/aromatic N) is 1. The van der Waals surface area contributed by atoms with Crippen LogP contribution in [0.4, 0.5) is 13.2 Å². The predicted molar refractivity (Wildman–Crippen MR) is 51.4 cm³/mol. The molecule has 1 aromatic carbocycles. The Labute approximate surface area is 90.9 Å². The van der Waals surface area contributed by atoms with Crippen LogP contribution < -0.4 is 0 Å². The fourth-order valence-corrected chi connectivity index (χ4v) is 1.37. The number of rotatable bonds is 3. The maximum Gasteiger partial charge on any atom is 0.416 e. The van der Waals surface area contributed by atoms with Crippen LogP contribution in [0.1, 0.15) is 17.5 Å². The normalized spacial score (nSPS) is 13.2. The third-order valence-electron chi connectivity index (χ3n) is 2.16. The van der Waals surface area contributed by atoms with E-state index in [0.717, 1.165) is 6.07 Å². The van der Waals surface area contributed by atoms with Crippen molar-refractivity contribution in [3.8, 4) is 6.07 Å². The molecule has 0 aromatic heterocycles. The van der Waals surface area contributed by atoms with Gasteiger partial charge < -0.3 is 5.11 Å². The average Bonchev–Trinajstić information content (AvgIpc) is 2.25. The monoisotopic (exact) mass is 229 g/mol. The highest BCUT2D eigenvalue weighted by atomic mass is 19.4. The number of hydrogen-bond donors (Lipinski definition) is 1. The van der Waals surface area contributed by atoms with Crippen molar-refractivity contribution in [3.05, 3.63) is 35.4 Å². The lowest BCUT2D eigenvalue weighted by atomic mass is 10.0. The number of benzene rings is 1. The van der Waals surface area contributed by atoms with Gasteiger partial charge in [-0.15, -0.1) is 0 Å². The second-order valence-electron chi connectivity index (χ2n) is 3.34. The van der Waals surface area contributed by atoms with Crippen molar-refractivity contribution in [2.45, 2.75) is 25.1 Å². The van der Waals surface area contributed by atoms with Crippen LogP contribution in [0.5, 0.6) is 0 Å². The number of halogens is 3. The Morgan fingerprint density at radius 1 is 1.31 bits per heavy atom. The zero-order valence-corrected chi connectivity index (χ0v) is 8.33. The van der Waals surface area contributed by atoms with Crippen LogP contribution in [0, 0.1) is 11.3 Å². The highest BCUT2D eigenvalue weighted by Gasteiger charge is 2.32. The minimum Gasteiger partial charge on any atom is -0.378 e. The summed E-state index contributed by atoms with van der Waals surface area (Å²) >= 11 is 0. The Kier molecular flexibility index (Phi) is 3.91. The summed E-state index contributed by atoms with van der Waals surface area (Å²) in [6.45, 7) is 0. The van der Waals surface area contributed by atoms with Gasteiger partial charge in [0.1, 0.15) is 6.10 Å². The topological polar surface area (TPSA) is 44.0 Å². The van der Waals surface area contributed by atoms with Crippen LogP contribution in [0.25, 0.3) is 0 Å². The van der Waals surface area contributed by atoms with E-state index in [1.54, 1.807) is 6.07 Å². The van der Waals surface area contributed by atoms with Crippen molar-refractivity contribution < 1.29 is 18.3 Å². The van der Waals surface area contributed by atoms with Crippen molar-refractivity contribution in [2.24, 2.45) is 0 Å². The molecule has 0 aliphatic carbocycles. The lowest BCUT2D eigenvalue weighted by Crippen LogP contribution is -2.11. The fraction of sp³-hybridized carbons (Fsp3) is 0.364. The number of nitriles is 1. The summed E-state index contributed by atoms with van der Waals surface area (Å²) in [4.78, 5) is 0. The Hall–Kier alpha value is -1.54. The van der Waals surface area contributed by atoms with Gasteiger partial charge in [-0.3, -0.25) is 0 Å². The van der Waals surface area contributed by atoms with Crippen LogP contribution in [-0.4, -0.2) is 11.2 Å². The van der Waals surface area contributed by atoms with Crippen molar-refractivity contribution in [3.63, 3.8) is 0 Å². The van der Waals surface area contributed by atoms with E-state index in [9.17, 15) is 13.2 Å². The molecular weight excluding hydrogens is 219 g/mol. The highest BCUT2D eigenvalue weighted by Crippen LogP contribution is 2.32. The zero-order chi connectivity index (χ0) is 12.2. The summed E-state index contributed by atoms with van der Waals surface area (Å²) in [5.41, 5.74) is -0.607. The van der Waals surface area contributed by atoms with Crippen molar-refractivity contribution in [2.75, 3.05) is 0 Å². The van der Waals surface area contributed by atoms with Crippen LogP contribution in [-0.2, 0) is 12.6 Å². The van der Waals surface area contributed by atoms with Gasteiger partial charge in [0, 0.05) is 0 Å². The molecule has 1 N–H and O–H groups in total. The van der Waals surface area contributed by atoms with E-state index >= 15 is 0 Å². The minimum atomic E-state index is -4.39. The van der Waals surface area contributed by atoms with Crippen LogP contribution in [0.15, 0.2) is 24.3 Å². The number of aryl methyl sites for hydroxylation is 1. The van der Waals surface area contributed by atoms with E-state index in [1.165, 1.54) is 18.2 Å². The van der Waals surface area contributed by atoms with Gasteiger partial charge in [0.15, 0.2) is 0 Å². The highest BCUT2D eigenvalue weighted by molar-refractivity contribution is 5.29. The summed E-state index contributed by atoms with van der Waals surface area (Å²) in [5, 5.41) is 17.3. The molecule has 16 heavy (non-hydrogen) atoms.